The summed E-state index contributed by atoms with van der Waals surface area (Å²) in [6, 6.07) is 16.5. The molecule has 3 aromatic carbocycles. The SMILES string of the molecule is Cc1ccc(NC(=O)COc2ccc(Br)cc2C)cc1NC(=O)COc1ccc(Br)cc1C. The van der Waals surface area contributed by atoms with Gasteiger partial charge in [-0.2, -0.15) is 0 Å². The summed E-state index contributed by atoms with van der Waals surface area (Å²) in [5.74, 6) is 0.698. The molecule has 8 heteroatoms. The van der Waals surface area contributed by atoms with E-state index in [1.165, 1.54) is 0 Å². The van der Waals surface area contributed by atoms with Gasteiger partial charge >= 0.3 is 0 Å². The molecule has 0 saturated carbocycles. The minimum atomic E-state index is -0.299. The summed E-state index contributed by atoms with van der Waals surface area (Å²) in [7, 11) is 0. The Morgan fingerprint density at radius 3 is 1.73 bits per heavy atom. The zero-order valence-corrected chi connectivity index (χ0v) is 21.7. The van der Waals surface area contributed by atoms with Crippen molar-refractivity contribution in [2.24, 2.45) is 0 Å². The molecule has 0 aromatic heterocycles. The normalized spacial score (nSPS) is 10.5. The van der Waals surface area contributed by atoms with E-state index in [9.17, 15) is 9.59 Å². The summed E-state index contributed by atoms with van der Waals surface area (Å²) in [6.07, 6.45) is 0. The number of anilines is 2. The number of carbonyl (C=O) groups excluding carboxylic acids is 2. The van der Waals surface area contributed by atoms with Gasteiger partial charge in [-0.05, 0) is 86.0 Å². The van der Waals surface area contributed by atoms with Crippen LogP contribution in [0.4, 0.5) is 11.4 Å². The molecule has 0 radical (unpaired) electrons. The molecule has 2 amide bonds. The first-order chi connectivity index (χ1) is 15.7. The van der Waals surface area contributed by atoms with Crippen molar-refractivity contribution >= 4 is 55.0 Å². The van der Waals surface area contributed by atoms with E-state index in [0.717, 1.165) is 25.6 Å². The zero-order chi connectivity index (χ0) is 24.0. The van der Waals surface area contributed by atoms with E-state index in [1.807, 2.05) is 63.2 Å². The van der Waals surface area contributed by atoms with Gasteiger partial charge in [-0.3, -0.25) is 9.59 Å². The lowest BCUT2D eigenvalue weighted by Crippen LogP contribution is -2.22. The van der Waals surface area contributed by atoms with Crippen molar-refractivity contribution in [1.82, 2.24) is 0 Å². The topological polar surface area (TPSA) is 76.7 Å². The third-order valence-electron chi connectivity index (χ3n) is 4.79. The van der Waals surface area contributed by atoms with Gasteiger partial charge in [0.25, 0.3) is 11.8 Å². The second-order valence-electron chi connectivity index (χ2n) is 7.52. The molecule has 0 atom stereocenters. The first-order valence-electron chi connectivity index (χ1n) is 10.2. The smallest absolute Gasteiger partial charge is 0.262 e. The summed E-state index contributed by atoms with van der Waals surface area (Å²) in [5.41, 5.74) is 3.87. The van der Waals surface area contributed by atoms with Crippen molar-refractivity contribution < 1.29 is 19.1 Å². The van der Waals surface area contributed by atoms with Crippen LogP contribution in [0, 0.1) is 20.8 Å². The average Bonchev–Trinajstić information content (AvgIpc) is 2.75. The number of nitrogens with one attached hydrogen (secondary N) is 2. The summed E-state index contributed by atoms with van der Waals surface area (Å²) >= 11 is 6.81. The number of benzene rings is 3. The zero-order valence-electron chi connectivity index (χ0n) is 18.5. The van der Waals surface area contributed by atoms with E-state index in [0.29, 0.717) is 22.9 Å². The number of halogens is 2. The van der Waals surface area contributed by atoms with Crippen LogP contribution in [0.1, 0.15) is 16.7 Å². The number of amides is 2. The standard InChI is InChI=1S/C25H24Br2N2O4/c1-15-4-7-20(28-24(30)13-32-22-8-5-18(26)10-16(22)2)12-21(15)29-25(31)14-33-23-9-6-19(27)11-17(23)3/h4-12H,13-14H2,1-3H3,(H,28,30)(H,29,31). The van der Waals surface area contributed by atoms with Gasteiger partial charge in [0.05, 0.1) is 0 Å². The Morgan fingerprint density at radius 2 is 1.21 bits per heavy atom. The van der Waals surface area contributed by atoms with E-state index < -0.39 is 0 Å². The largest absolute Gasteiger partial charge is 0.483 e. The number of aryl methyl sites for hydroxylation is 3. The Kier molecular flexibility index (Phi) is 8.52. The summed E-state index contributed by atoms with van der Waals surface area (Å²) in [4.78, 5) is 24.8. The highest BCUT2D eigenvalue weighted by atomic mass is 79.9. The fourth-order valence-corrected chi connectivity index (χ4v) is 4.01. The van der Waals surface area contributed by atoms with Crippen LogP contribution in [0.3, 0.4) is 0 Å². The number of ether oxygens (including phenoxy) is 2. The molecule has 172 valence electrons. The Bertz CT molecular complexity index is 1180. The molecule has 6 nitrogen and oxygen atoms in total. The molecular formula is C25H24Br2N2O4. The Balaban J connectivity index is 1.55. The molecule has 2 N–H and O–H groups in total. The molecule has 0 unspecified atom stereocenters. The van der Waals surface area contributed by atoms with Gasteiger partial charge in [0.2, 0.25) is 0 Å². The van der Waals surface area contributed by atoms with Crippen molar-refractivity contribution in [2.75, 3.05) is 23.8 Å². The first kappa shape index (κ1) is 24.8. The van der Waals surface area contributed by atoms with Gasteiger partial charge in [-0.25, -0.2) is 0 Å². The van der Waals surface area contributed by atoms with Crippen LogP contribution in [0.25, 0.3) is 0 Å². The molecule has 0 aliphatic heterocycles. The lowest BCUT2D eigenvalue weighted by Gasteiger charge is -2.13. The third kappa shape index (κ3) is 7.33. The van der Waals surface area contributed by atoms with Crippen LogP contribution in [0.15, 0.2) is 63.5 Å². The third-order valence-corrected chi connectivity index (χ3v) is 5.77. The highest BCUT2D eigenvalue weighted by Crippen LogP contribution is 2.24. The monoisotopic (exact) mass is 574 g/mol. The van der Waals surface area contributed by atoms with Crippen molar-refractivity contribution in [3.63, 3.8) is 0 Å². The molecule has 0 aliphatic carbocycles. The Morgan fingerprint density at radius 1 is 0.697 bits per heavy atom. The highest BCUT2D eigenvalue weighted by molar-refractivity contribution is 9.10. The van der Waals surface area contributed by atoms with Gasteiger partial charge in [0, 0.05) is 20.3 Å². The fourth-order valence-electron chi connectivity index (χ4n) is 3.05. The number of hydrogen-bond acceptors (Lipinski definition) is 4. The first-order valence-corrected chi connectivity index (χ1v) is 11.8. The second kappa shape index (κ2) is 11.3. The van der Waals surface area contributed by atoms with Crippen LogP contribution < -0.4 is 20.1 Å². The maximum Gasteiger partial charge on any atom is 0.262 e. The molecule has 33 heavy (non-hydrogen) atoms. The Labute approximate surface area is 209 Å². The predicted molar refractivity (Wildman–Crippen MR) is 137 cm³/mol. The number of hydrogen-bond donors (Lipinski definition) is 2. The molecule has 3 aromatic rings. The van der Waals surface area contributed by atoms with Crippen molar-refractivity contribution in [2.45, 2.75) is 20.8 Å². The molecular weight excluding hydrogens is 552 g/mol. The van der Waals surface area contributed by atoms with Crippen molar-refractivity contribution in [3.05, 3.63) is 80.2 Å². The van der Waals surface area contributed by atoms with Gasteiger partial charge in [-0.15, -0.1) is 0 Å². The lowest BCUT2D eigenvalue weighted by atomic mass is 10.1. The van der Waals surface area contributed by atoms with Crippen molar-refractivity contribution in [3.8, 4) is 11.5 Å². The maximum absolute atomic E-state index is 12.4. The predicted octanol–water partition coefficient (Wildman–Crippen LogP) is 6.17. The van der Waals surface area contributed by atoms with Crippen LogP contribution in [0.2, 0.25) is 0 Å². The van der Waals surface area contributed by atoms with Crippen molar-refractivity contribution in [1.29, 1.82) is 0 Å². The van der Waals surface area contributed by atoms with Crippen LogP contribution in [0.5, 0.6) is 11.5 Å². The summed E-state index contributed by atoms with van der Waals surface area (Å²) < 4.78 is 13.1. The molecule has 0 saturated heterocycles. The fraction of sp³-hybridized carbons (Fsp3) is 0.200. The van der Waals surface area contributed by atoms with E-state index in [1.54, 1.807) is 12.1 Å². The molecule has 0 aliphatic rings. The van der Waals surface area contributed by atoms with E-state index in [-0.39, 0.29) is 25.0 Å². The van der Waals surface area contributed by atoms with Gasteiger partial charge in [0.1, 0.15) is 11.5 Å². The second-order valence-corrected chi connectivity index (χ2v) is 9.35. The van der Waals surface area contributed by atoms with E-state index >= 15 is 0 Å². The number of rotatable bonds is 8. The molecule has 0 spiro atoms. The summed E-state index contributed by atoms with van der Waals surface area (Å²) in [6.45, 7) is 5.45. The minimum Gasteiger partial charge on any atom is -0.483 e. The summed E-state index contributed by atoms with van der Waals surface area (Å²) in [5, 5.41) is 5.63. The molecule has 0 bridgehead atoms. The van der Waals surface area contributed by atoms with E-state index in [2.05, 4.69) is 42.5 Å². The highest BCUT2D eigenvalue weighted by Gasteiger charge is 2.11. The Hall–Kier alpha value is -2.84. The minimum absolute atomic E-state index is 0.126. The van der Waals surface area contributed by atoms with Crippen LogP contribution >= 0.6 is 31.9 Å². The van der Waals surface area contributed by atoms with Crippen LogP contribution in [-0.4, -0.2) is 25.0 Å². The van der Waals surface area contributed by atoms with Gasteiger partial charge < -0.3 is 20.1 Å². The molecule has 3 rings (SSSR count). The molecule has 0 fully saturated rings. The maximum atomic E-state index is 12.4. The lowest BCUT2D eigenvalue weighted by molar-refractivity contribution is -0.118. The average molecular weight is 576 g/mol. The molecule has 0 heterocycles. The van der Waals surface area contributed by atoms with E-state index in [4.69, 9.17) is 9.47 Å². The quantitative estimate of drug-likeness (QED) is 0.337. The van der Waals surface area contributed by atoms with Gasteiger partial charge in [0.15, 0.2) is 13.2 Å². The van der Waals surface area contributed by atoms with Crippen LogP contribution in [-0.2, 0) is 9.59 Å². The van der Waals surface area contributed by atoms with Gasteiger partial charge in [-0.1, -0.05) is 37.9 Å². The number of carbonyl (C=O) groups is 2.